The second-order valence-electron chi connectivity index (χ2n) is 7.67. The lowest BCUT2D eigenvalue weighted by molar-refractivity contribution is -0.143. The molecule has 5 unspecified atom stereocenters. The van der Waals surface area contributed by atoms with Crippen LogP contribution in [-0.2, 0) is 30.4 Å². The van der Waals surface area contributed by atoms with E-state index in [1.54, 1.807) is 30.3 Å². The summed E-state index contributed by atoms with van der Waals surface area (Å²) in [5.74, 6) is -4.78. The number of hydrogen-bond acceptors (Lipinski definition) is 8. The molecule has 0 radical (unpaired) electrons. The van der Waals surface area contributed by atoms with Crippen molar-refractivity contribution in [3.05, 3.63) is 35.9 Å². The van der Waals surface area contributed by atoms with E-state index in [1.807, 2.05) is 0 Å². The van der Waals surface area contributed by atoms with Gasteiger partial charge in [-0.25, -0.2) is 4.79 Å². The third kappa shape index (κ3) is 9.52. The minimum atomic E-state index is -1.60. The molecule has 0 bridgehead atoms. The Bertz CT molecular complexity index is 864. The van der Waals surface area contributed by atoms with E-state index >= 15 is 0 Å². The quantitative estimate of drug-likeness (QED) is 0.133. The summed E-state index contributed by atoms with van der Waals surface area (Å²) in [4.78, 5) is 59.9. The molecule has 10 N–H and O–H groups in total. The molecular formula is C21H31N5O8. The van der Waals surface area contributed by atoms with Crippen molar-refractivity contribution < 1.29 is 39.3 Å². The standard InChI is InChI=1S/C21H31N5O8/c1-11(28)17(26-18(30)13(22)7-8-16(23)29)20(32)24-14(9-12-5-3-2-4-6-12)19(31)25-15(10-27)21(33)34/h2-6,11,13-15,17,27-28H,7-10,22H2,1H3,(H2,23,29)(H,24,32)(H,25,31)(H,26,30)(H,33,34). The van der Waals surface area contributed by atoms with Crippen LogP contribution < -0.4 is 27.4 Å². The average Bonchev–Trinajstić information content (AvgIpc) is 2.78. The van der Waals surface area contributed by atoms with Gasteiger partial charge in [-0.3, -0.25) is 19.2 Å². The number of aliphatic hydroxyl groups is 2. The lowest BCUT2D eigenvalue weighted by atomic mass is 10.0. The van der Waals surface area contributed by atoms with Crippen LogP contribution in [0.2, 0.25) is 0 Å². The van der Waals surface area contributed by atoms with Crippen molar-refractivity contribution >= 4 is 29.6 Å². The maximum Gasteiger partial charge on any atom is 0.328 e. The monoisotopic (exact) mass is 481 g/mol. The number of benzene rings is 1. The van der Waals surface area contributed by atoms with E-state index in [4.69, 9.17) is 16.6 Å². The Morgan fingerprint density at radius 3 is 2.03 bits per heavy atom. The zero-order valence-corrected chi connectivity index (χ0v) is 18.6. The van der Waals surface area contributed by atoms with Gasteiger partial charge < -0.3 is 42.7 Å². The van der Waals surface area contributed by atoms with Crippen molar-refractivity contribution in [2.24, 2.45) is 11.5 Å². The fourth-order valence-electron chi connectivity index (χ4n) is 2.87. The average molecular weight is 482 g/mol. The molecular weight excluding hydrogens is 450 g/mol. The molecule has 5 atom stereocenters. The molecule has 0 aliphatic carbocycles. The van der Waals surface area contributed by atoms with Gasteiger partial charge in [0.2, 0.25) is 23.6 Å². The van der Waals surface area contributed by atoms with Crippen molar-refractivity contribution in [2.45, 2.75) is 56.5 Å². The molecule has 1 rings (SSSR count). The number of rotatable bonds is 14. The Kier molecular flexibility index (Phi) is 11.6. The van der Waals surface area contributed by atoms with Crippen LogP contribution >= 0.6 is 0 Å². The van der Waals surface area contributed by atoms with Gasteiger partial charge >= 0.3 is 5.97 Å². The maximum atomic E-state index is 12.9. The highest BCUT2D eigenvalue weighted by molar-refractivity contribution is 5.94. The van der Waals surface area contributed by atoms with E-state index in [1.165, 1.54) is 6.92 Å². The SMILES string of the molecule is CC(O)C(NC(=O)C(N)CCC(N)=O)C(=O)NC(Cc1ccccc1)C(=O)NC(CO)C(=O)O. The van der Waals surface area contributed by atoms with Gasteiger partial charge in [-0.1, -0.05) is 30.3 Å². The van der Waals surface area contributed by atoms with Crippen LogP contribution in [0.15, 0.2) is 30.3 Å². The van der Waals surface area contributed by atoms with Crippen molar-refractivity contribution in [2.75, 3.05) is 6.61 Å². The third-order valence-electron chi connectivity index (χ3n) is 4.81. The fraction of sp³-hybridized carbons (Fsp3) is 0.476. The number of nitrogens with one attached hydrogen (secondary N) is 3. The normalized spacial score (nSPS) is 15.2. The Hall–Kier alpha value is -3.55. The zero-order valence-electron chi connectivity index (χ0n) is 18.6. The number of aliphatic hydroxyl groups excluding tert-OH is 2. The van der Waals surface area contributed by atoms with Crippen molar-refractivity contribution in [1.82, 2.24) is 16.0 Å². The van der Waals surface area contributed by atoms with Gasteiger partial charge in [-0.2, -0.15) is 0 Å². The highest BCUT2D eigenvalue weighted by Crippen LogP contribution is 2.06. The lowest BCUT2D eigenvalue weighted by Crippen LogP contribution is -2.60. The van der Waals surface area contributed by atoms with Gasteiger partial charge in [-0.05, 0) is 18.9 Å². The number of primary amides is 1. The smallest absolute Gasteiger partial charge is 0.328 e. The van der Waals surface area contributed by atoms with E-state index < -0.39 is 66.5 Å². The molecule has 1 aromatic rings. The van der Waals surface area contributed by atoms with E-state index in [0.717, 1.165) is 0 Å². The first-order valence-corrected chi connectivity index (χ1v) is 10.5. The van der Waals surface area contributed by atoms with Gasteiger partial charge in [-0.15, -0.1) is 0 Å². The van der Waals surface area contributed by atoms with E-state index in [2.05, 4.69) is 16.0 Å². The first kappa shape index (κ1) is 28.5. The predicted octanol–water partition coefficient (Wildman–Crippen LogP) is -3.27. The predicted molar refractivity (Wildman–Crippen MR) is 119 cm³/mol. The molecule has 188 valence electrons. The summed E-state index contributed by atoms with van der Waals surface area (Å²) in [5, 5.41) is 35.1. The molecule has 0 saturated carbocycles. The van der Waals surface area contributed by atoms with E-state index in [9.17, 15) is 34.2 Å². The summed E-state index contributed by atoms with van der Waals surface area (Å²) in [6.45, 7) is 0.362. The molecule has 13 heteroatoms. The van der Waals surface area contributed by atoms with Crippen LogP contribution in [0, 0.1) is 0 Å². The number of carboxylic acids is 1. The number of nitrogens with two attached hydrogens (primary N) is 2. The van der Waals surface area contributed by atoms with Crippen LogP contribution in [0.4, 0.5) is 0 Å². The second kappa shape index (κ2) is 13.9. The Morgan fingerprint density at radius 2 is 1.53 bits per heavy atom. The van der Waals surface area contributed by atoms with Crippen molar-refractivity contribution in [1.29, 1.82) is 0 Å². The summed E-state index contributed by atoms with van der Waals surface area (Å²) < 4.78 is 0. The molecule has 0 spiro atoms. The number of carboxylic acid groups (broad SMARTS) is 1. The molecule has 34 heavy (non-hydrogen) atoms. The van der Waals surface area contributed by atoms with Gasteiger partial charge in [0.05, 0.1) is 18.8 Å². The molecule has 0 heterocycles. The van der Waals surface area contributed by atoms with Crippen LogP contribution in [0.5, 0.6) is 0 Å². The minimum Gasteiger partial charge on any atom is -0.480 e. The van der Waals surface area contributed by atoms with Crippen LogP contribution in [0.1, 0.15) is 25.3 Å². The zero-order chi connectivity index (χ0) is 25.8. The van der Waals surface area contributed by atoms with Crippen LogP contribution in [0.25, 0.3) is 0 Å². The fourth-order valence-corrected chi connectivity index (χ4v) is 2.87. The Labute approximate surface area is 195 Å². The summed E-state index contributed by atoms with van der Waals surface area (Å²) >= 11 is 0. The number of carbonyl (C=O) groups excluding carboxylic acids is 4. The van der Waals surface area contributed by atoms with E-state index in [0.29, 0.717) is 5.56 Å². The number of carbonyl (C=O) groups is 5. The van der Waals surface area contributed by atoms with Gasteiger partial charge in [0.25, 0.3) is 0 Å². The molecule has 4 amide bonds. The summed E-state index contributed by atoms with van der Waals surface area (Å²) in [7, 11) is 0. The molecule has 0 fully saturated rings. The van der Waals surface area contributed by atoms with Gasteiger partial charge in [0.15, 0.2) is 0 Å². The van der Waals surface area contributed by atoms with Gasteiger partial charge in [0.1, 0.15) is 18.1 Å². The molecule has 0 aliphatic heterocycles. The lowest BCUT2D eigenvalue weighted by Gasteiger charge is -2.26. The van der Waals surface area contributed by atoms with Crippen LogP contribution in [-0.4, -0.2) is 81.8 Å². The molecule has 0 aromatic heterocycles. The molecule has 0 aliphatic rings. The topological polar surface area (TPSA) is 234 Å². The van der Waals surface area contributed by atoms with Crippen molar-refractivity contribution in [3.63, 3.8) is 0 Å². The van der Waals surface area contributed by atoms with Crippen molar-refractivity contribution in [3.8, 4) is 0 Å². The molecule has 0 saturated heterocycles. The second-order valence-corrected chi connectivity index (χ2v) is 7.67. The first-order valence-electron chi connectivity index (χ1n) is 10.5. The Morgan fingerprint density at radius 1 is 0.941 bits per heavy atom. The first-order chi connectivity index (χ1) is 16.0. The summed E-state index contributed by atoms with van der Waals surface area (Å²) in [6, 6.07) is 2.92. The van der Waals surface area contributed by atoms with Gasteiger partial charge in [0, 0.05) is 12.8 Å². The maximum absolute atomic E-state index is 12.9. The molecule has 13 nitrogen and oxygen atoms in total. The summed E-state index contributed by atoms with van der Waals surface area (Å²) in [5.41, 5.74) is 11.3. The Balaban J connectivity index is 3.01. The number of hydrogen-bond donors (Lipinski definition) is 8. The minimum absolute atomic E-state index is 0.0468. The highest BCUT2D eigenvalue weighted by Gasteiger charge is 2.32. The third-order valence-corrected chi connectivity index (χ3v) is 4.81. The largest absolute Gasteiger partial charge is 0.480 e. The molecule has 1 aromatic carbocycles. The highest BCUT2D eigenvalue weighted by atomic mass is 16.4. The van der Waals surface area contributed by atoms with Crippen LogP contribution in [0.3, 0.4) is 0 Å². The number of amides is 4. The number of aliphatic carboxylic acids is 1. The van der Waals surface area contributed by atoms with E-state index in [-0.39, 0.29) is 19.3 Å². The summed E-state index contributed by atoms with van der Waals surface area (Å²) in [6.07, 6.45) is -1.67.